The number of nitrogens with zero attached hydrogens (tertiary/aromatic N) is 3. The summed E-state index contributed by atoms with van der Waals surface area (Å²) in [6, 6.07) is 0. The van der Waals surface area contributed by atoms with Crippen LogP contribution in [0.25, 0.3) is 0 Å². The highest BCUT2D eigenvalue weighted by atomic mass is 79.9. The molecule has 0 amide bonds. The number of piperidine rings is 1. The van der Waals surface area contributed by atoms with Gasteiger partial charge in [0.1, 0.15) is 12.1 Å². The summed E-state index contributed by atoms with van der Waals surface area (Å²) in [6.07, 6.45) is 12.0. The van der Waals surface area contributed by atoms with Crippen LogP contribution in [0, 0.1) is 5.92 Å². The molecule has 3 rings (SSSR count). The van der Waals surface area contributed by atoms with Crippen LogP contribution >= 0.6 is 15.9 Å². The van der Waals surface area contributed by atoms with Gasteiger partial charge in [-0.1, -0.05) is 22.4 Å². The third kappa shape index (κ3) is 3.16. The number of halogens is 1. The molecule has 0 saturated carbocycles. The van der Waals surface area contributed by atoms with E-state index in [0.29, 0.717) is 0 Å². The Balaban J connectivity index is 1.82. The van der Waals surface area contributed by atoms with E-state index in [9.17, 15) is 0 Å². The second kappa shape index (κ2) is 6.88. The van der Waals surface area contributed by atoms with Gasteiger partial charge in [0.25, 0.3) is 0 Å². The molecule has 0 aromatic carbocycles. The first-order valence-corrected chi connectivity index (χ1v) is 9.14. The Morgan fingerprint density at radius 3 is 2.95 bits per heavy atom. The van der Waals surface area contributed by atoms with Gasteiger partial charge in [-0.2, -0.15) is 0 Å². The van der Waals surface area contributed by atoms with Gasteiger partial charge in [-0.3, -0.25) is 0 Å². The summed E-state index contributed by atoms with van der Waals surface area (Å²) in [6.45, 7) is 2.34. The van der Waals surface area contributed by atoms with Gasteiger partial charge in [0, 0.05) is 29.7 Å². The van der Waals surface area contributed by atoms with E-state index >= 15 is 0 Å². The molecule has 4 heteroatoms. The first-order valence-electron chi connectivity index (χ1n) is 8.02. The number of rotatable bonds is 3. The summed E-state index contributed by atoms with van der Waals surface area (Å²) < 4.78 is 0. The highest BCUT2D eigenvalue weighted by Gasteiger charge is 2.24. The van der Waals surface area contributed by atoms with Gasteiger partial charge in [-0.05, 0) is 50.9 Å². The van der Waals surface area contributed by atoms with Gasteiger partial charge in [-0.15, -0.1) is 0 Å². The topological polar surface area (TPSA) is 29.0 Å². The van der Waals surface area contributed by atoms with Crippen molar-refractivity contribution in [1.29, 1.82) is 0 Å². The fourth-order valence-electron chi connectivity index (χ4n) is 3.60. The molecule has 1 aliphatic carbocycles. The second-order valence-corrected chi connectivity index (χ2v) is 6.91. The lowest BCUT2D eigenvalue weighted by Crippen LogP contribution is -2.37. The Labute approximate surface area is 130 Å². The van der Waals surface area contributed by atoms with E-state index in [1.165, 1.54) is 75.1 Å². The lowest BCUT2D eigenvalue weighted by molar-refractivity contribution is 0.405. The van der Waals surface area contributed by atoms with E-state index in [4.69, 9.17) is 0 Å². The van der Waals surface area contributed by atoms with Gasteiger partial charge in [0.15, 0.2) is 0 Å². The lowest BCUT2D eigenvalue weighted by atomic mass is 9.95. The molecule has 1 fully saturated rings. The summed E-state index contributed by atoms with van der Waals surface area (Å²) in [4.78, 5) is 11.7. The van der Waals surface area contributed by atoms with E-state index < -0.39 is 0 Å². The van der Waals surface area contributed by atoms with Crippen LogP contribution in [0.3, 0.4) is 0 Å². The van der Waals surface area contributed by atoms with Crippen LogP contribution in [0.4, 0.5) is 5.82 Å². The molecule has 1 aromatic rings. The van der Waals surface area contributed by atoms with Gasteiger partial charge in [-0.25, -0.2) is 9.97 Å². The maximum absolute atomic E-state index is 4.66. The predicted octanol–water partition coefficient (Wildman–Crippen LogP) is 3.75. The standard InChI is InChI=1S/C16H24BrN3/c17-9-8-13-5-4-10-20(11-13)16-14-6-2-1-3-7-15(14)18-12-19-16/h12-13H,1-11H2. The predicted molar refractivity (Wildman–Crippen MR) is 86.6 cm³/mol. The average molecular weight is 338 g/mol. The van der Waals surface area contributed by atoms with Crippen LogP contribution in [-0.4, -0.2) is 28.4 Å². The van der Waals surface area contributed by atoms with Crippen molar-refractivity contribution in [2.24, 2.45) is 5.92 Å². The molecule has 20 heavy (non-hydrogen) atoms. The molecule has 1 aromatic heterocycles. The molecule has 0 spiro atoms. The Kier molecular flexibility index (Phi) is 4.92. The Morgan fingerprint density at radius 2 is 2.05 bits per heavy atom. The minimum Gasteiger partial charge on any atom is -0.356 e. The largest absolute Gasteiger partial charge is 0.356 e. The zero-order chi connectivity index (χ0) is 13.8. The molecular weight excluding hydrogens is 314 g/mol. The molecular formula is C16H24BrN3. The van der Waals surface area contributed by atoms with Crippen molar-refractivity contribution in [2.75, 3.05) is 23.3 Å². The summed E-state index contributed by atoms with van der Waals surface area (Å²) in [7, 11) is 0. The van der Waals surface area contributed by atoms with Crippen molar-refractivity contribution < 1.29 is 0 Å². The molecule has 1 atom stereocenters. The Morgan fingerprint density at radius 1 is 1.15 bits per heavy atom. The summed E-state index contributed by atoms with van der Waals surface area (Å²) in [5.74, 6) is 2.07. The van der Waals surface area contributed by atoms with E-state index in [-0.39, 0.29) is 0 Å². The van der Waals surface area contributed by atoms with E-state index in [1.807, 2.05) is 0 Å². The van der Waals surface area contributed by atoms with E-state index in [2.05, 4.69) is 30.8 Å². The zero-order valence-corrected chi connectivity index (χ0v) is 13.7. The Bertz CT molecular complexity index is 447. The molecule has 0 N–H and O–H groups in total. The van der Waals surface area contributed by atoms with Crippen molar-refractivity contribution in [3.63, 3.8) is 0 Å². The first kappa shape index (κ1) is 14.3. The highest BCUT2D eigenvalue weighted by molar-refractivity contribution is 9.09. The van der Waals surface area contributed by atoms with Crippen molar-refractivity contribution in [3.05, 3.63) is 17.6 Å². The van der Waals surface area contributed by atoms with E-state index in [1.54, 1.807) is 6.33 Å². The third-order valence-electron chi connectivity index (χ3n) is 4.69. The molecule has 110 valence electrons. The normalized spacial score (nSPS) is 23.2. The number of alkyl halides is 1. The van der Waals surface area contributed by atoms with Crippen LogP contribution in [0.15, 0.2) is 6.33 Å². The number of hydrogen-bond donors (Lipinski definition) is 0. The maximum Gasteiger partial charge on any atom is 0.135 e. The highest BCUT2D eigenvalue weighted by Crippen LogP contribution is 2.30. The quantitative estimate of drug-likeness (QED) is 0.621. The minimum absolute atomic E-state index is 0.819. The van der Waals surface area contributed by atoms with Crippen LogP contribution in [0.1, 0.15) is 49.8 Å². The fraction of sp³-hybridized carbons (Fsp3) is 0.750. The average Bonchev–Trinajstić information content (AvgIpc) is 2.73. The lowest BCUT2D eigenvalue weighted by Gasteiger charge is -2.34. The summed E-state index contributed by atoms with van der Waals surface area (Å²) >= 11 is 3.59. The fourth-order valence-corrected chi connectivity index (χ4v) is 4.25. The number of aryl methyl sites for hydroxylation is 1. The van der Waals surface area contributed by atoms with Gasteiger partial charge in [0.05, 0.1) is 0 Å². The monoisotopic (exact) mass is 337 g/mol. The molecule has 0 radical (unpaired) electrons. The molecule has 0 bridgehead atoms. The van der Waals surface area contributed by atoms with Crippen LogP contribution in [-0.2, 0) is 12.8 Å². The van der Waals surface area contributed by atoms with Gasteiger partial charge in [0.2, 0.25) is 0 Å². The van der Waals surface area contributed by atoms with Gasteiger partial charge < -0.3 is 4.90 Å². The zero-order valence-electron chi connectivity index (χ0n) is 12.2. The minimum atomic E-state index is 0.819. The summed E-state index contributed by atoms with van der Waals surface area (Å²) in [5.41, 5.74) is 2.76. The third-order valence-corrected chi connectivity index (χ3v) is 5.15. The number of anilines is 1. The molecule has 3 nitrogen and oxygen atoms in total. The Hall–Kier alpha value is -0.640. The second-order valence-electron chi connectivity index (χ2n) is 6.12. The molecule has 1 aliphatic heterocycles. The van der Waals surface area contributed by atoms with Crippen molar-refractivity contribution in [3.8, 4) is 0 Å². The van der Waals surface area contributed by atoms with Gasteiger partial charge >= 0.3 is 0 Å². The summed E-state index contributed by atoms with van der Waals surface area (Å²) in [5, 5.41) is 1.12. The van der Waals surface area contributed by atoms with Crippen LogP contribution < -0.4 is 4.90 Å². The van der Waals surface area contributed by atoms with E-state index in [0.717, 1.165) is 17.7 Å². The smallest absolute Gasteiger partial charge is 0.135 e. The SMILES string of the molecule is BrCCC1CCCN(c2ncnc3c2CCCCC3)C1. The van der Waals surface area contributed by atoms with Crippen LogP contribution in [0.2, 0.25) is 0 Å². The van der Waals surface area contributed by atoms with Crippen molar-refractivity contribution in [2.45, 2.75) is 51.4 Å². The maximum atomic E-state index is 4.66. The molecule has 2 aliphatic rings. The first-order chi connectivity index (χ1) is 9.88. The number of fused-ring (bicyclic) bond motifs is 1. The molecule has 1 saturated heterocycles. The van der Waals surface area contributed by atoms with Crippen molar-refractivity contribution in [1.82, 2.24) is 9.97 Å². The van der Waals surface area contributed by atoms with Crippen LogP contribution in [0.5, 0.6) is 0 Å². The number of hydrogen-bond acceptors (Lipinski definition) is 3. The number of aromatic nitrogens is 2. The molecule has 2 heterocycles. The molecule has 1 unspecified atom stereocenters. The van der Waals surface area contributed by atoms with Crippen molar-refractivity contribution >= 4 is 21.7 Å².